The van der Waals surface area contributed by atoms with E-state index in [4.69, 9.17) is 17.0 Å². The molecule has 0 amide bonds. The number of hydrogen-bond donors (Lipinski definition) is 0. The topological polar surface area (TPSA) is 0 Å². The van der Waals surface area contributed by atoms with Crippen LogP contribution in [0.4, 0.5) is 0 Å². The molecule has 0 radical (unpaired) electrons. The van der Waals surface area contributed by atoms with Crippen LogP contribution in [0.15, 0.2) is 96.1 Å². The first-order valence-electron chi connectivity index (χ1n) is 19.2. The van der Waals surface area contributed by atoms with Crippen molar-refractivity contribution in [3.63, 3.8) is 0 Å². The summed E-state index contributed by atoms with van der Waals surface area (Å²) in [6, 6.07) is 32.5. The zero-order chi connectivity index (χ0) is 35.6. The minimum atomic E-state index is -4.86. The van der Waals surface area contributed by atoms with E-state index in [9.17, 15) is 0 Å². The predicted molar refractivity (Wildman–Crippen MR) is 221 cm³/mol. The Bertz CT molecular complexity index is 1970. The van der Waals surface area contributed by atoms with E-state index in [1.54, 1.807) is 5.57 Å². The van der Waals surface area contributed by atoms with Gasteiger partial charge in [-0.3, -0.25) is 0 Å². The number of fused-ring (bicyclic) bond motifs is 2. The van der Waals surface area contributed by atoms with E-state index >= 15 is 0 Å². The van der Waals surface area contributed by atoms with Crippen LogP contribution in [0.3, 0.4) is 0 Å². The van der Waals surface area contributed by atoms with Gasteiger partial charge in [-0.15, -0.1) is 0 Å². The molecule has 2 atom stereocenters. The van der Waals surface area contributed by atoms with Gasteiger partial charge in [-0.2, -0.15) is 0 Å². The summed E-state index contributed by atoms with van der Waals surface area (Å²) < 4.78 is 0.259. The Morgan fingerprint density at radius 2 is 1.24 bits per heavy atom. The summed E-state index contributed by atoms with van der Waals surface area (Å²) in [7, 11) is 17.6. The fourth-order valence-corrected chi connectivity index (χ4v) is 41.0. The Morgan fingerprint density at radius 1 is 0.720 bits per heavy atom. The molecule has 3 aliphatic rings. The van der Waals surface area contributed by atoms with Crippen molar-refractivity contribution in [3.05, 3.63) is 129 Å². The molecule has 0 heterocycles. The zero-order valence-electron chi connectivity index (χ0n) is 31.4. The average Bonchev–Trinajstić information content (AvgIpc) is 3.85. The molecule has 3 aliphatic carbocycles. The third-order valence-corrected chi connectivity index (χ3v) is 64.4. The molecule has 4 heteroatoms. The summed E-state index contributed by atoms with van der Waals surface area (Å²) in [5, 5.41) is 0. The molecular formula is C46H55Cl2SiZr. The number of allylic oxidation sites excluding steroid dienone is 2. The molecule has 0 nitrogen and oxygen atoms in total. The normalized spacial score (nSPS) is 20.1. The van der Waals surface area contributed by atoms with Crippen LogP contribution in [-0.2, 0) is 21.0 Å². The van der Waals surface area contributed by atoms with Gasteiger partial charge in [0.2, 0.25) is 0 Å². The summed E-state index contributed by atoms with van der Waals surface area (Å²) in [6.07, 6.45) is 11.2. The van der Waals surface area contributed by atoms with Gasteiger partial charge < -0.3 is 0 Å². The zero-order valence-corrected chi connectivity index (χ0v) is 36.5. The summed E-state index contributed by atoms with van der Waals surface area (Å²) in [6.45, 7) is 18.7. The van der Waals surface area contributed by atoms with Crippen LogP contribution in [0.5, 0.6) is 0 Å². The van der Waals surface area contributed by atoms with E-state index < -0.39 is 21.5 Å². The van der Waals surface area contributed by atoms with Gasteiger partial charge in [-0.1, -0.05) is 0 Å². The molecule has 4 aromatic carbocycles. The molecule has 0 aliphatic heterocycles. The third-order valence-electron chi connectivity index (χ3n) is 12.6. The number of rotatable bonds is 8. The van der Waals surface area contributed by atoms with Crippen LogP contribution < -0.4 is 0 Å². The Hall–Kier alpha value is -1.96. The second kappa shape index (κ2) is 13.5. The molecule has 50 heavy (non-hydrogen) atoms. The first-order valence-corrected chi connectivity index (χ1v) is 35.5. The molecule has 4 aromatic rings. The van der Waals surface area contributed by atoms with Crippen molar-refractivity contribution in [3.8, 4) is 22.3 Å². The minimum absolute atomic E-state index is 0.122. The number of hydrogen-bond acceptors (Lipinski definition) is 0. The predicted octanol–water partition coefficient (Wildman–Crippen LogP) is 14.6. The molecule has 1 fully saturated rings. The van der Waals surface area contributed by atoms with E-state index in [1.807, 2.05) is 0 Å². The van der Waals surface area contributed by atoms with Crippen LogP contribution in [0.2, 0.25) is 13.1 Å². The molecule has 0 bridgehead atoms. The maximum atomic E-state index is 8.82. The monoisotopic (exact) mass is 795 g/mol. The second-order valence-corrected chi connectivity index (χ2v) is 59.7. The molecular weight excluding hydrogens is 743 g/mol. The van der Waals surface area contributed by atoms with Crippen LogP contribution >= 0.6 is 17.0 Å². The van der Waals surface area contributed by atoms with Crippen molar-refractivity contribution in [2.24, 2.45) is 5.92 Å². The van der Waals surface area contributed by atoms with Gasteiger partial charge in [0.1, 0.15) is 0 Å². The first-order chi connectivity index (χ1) is 23.7. The molecule has 7 rings (SSSR count). The van der Waals surface area contributed by atoms with Gasteiger partial charge in [-0.25, -0.2) is 0 Å². The average molecular weight is 798 g/mol. The van der Waals surface area contributed by atoms with Crippen molar-refractivity contribution in [2.45, 2.75) is 105 Å². The third kappa shape index (κ3) is 5.97. The van der Waals surface area contributed by atoms with E-state index in [0.717, 1.165) is 6.42 Å². The Kier molecular flexibility index (Phi) is 9.81. The number of halogens is 2. The van der Waals surface area contributed by atoms with Gasteiger partial charge in [-0.05, 0) is 0 Å². The quantitative estimate of drug-likeness (QED) is 0.156. The summed E-state index contributed by atoms with van der Waals surface area (Å²) in [5.74, 6) is -0.567. The summed E-state index contributed by atoms with van der Waals surface area (Å²) >= 11 is -4.86. The molecule has 1 saturated carbocycles. The molecule has 0 saturated heterocycles. The standard InChI is InChI=1S/C24H27.C20H21.C2H7Si.2ClH.Zr/c1-24(2,3)21-13-11-18(12-14-21)22-10-6-9-19-15-20(16-23(19)22)17-7-4-5-8-17;1-4-15-12-18-6-5-7-19(20(18)13-15)17-10-8-16(9-11-17)14(2)3;1-3-2;;;/h6,9-17H,4-5,7-8H2,1-3H3;5-14H,4H2,1-3H3;3H,1-2H3;2*1H;/q;;;;;+2/p-2. The fraction of sp³-hybridized carbons (Fsp3) is 0.391. The van der Waals surface area contributed by atoms with Gasteiger partial charge in [0.25, 0.3) is 0 Å². The Morgan fingerprint density at radius 3 is 1.74 bits per heavy atom. The van der Waals surface area contributed by atoms with Crippen molar-refractivity contribution in [2.75, 3.05) is 0 Å². The van der Waals surface area contributed by atoms with Gasteiger partial charge >= 0.3 is 314 Å². The van der Waals surface area contributed by atoms with Crippen molar-refractivity contribution < 1.29 is 15.6 Å². The van der Waals surface area contributed by atoms with E-state index in [2.05, 4.69) is 152 Å². The van der Waals surface area contributed by atoms with E-state index in [0.29, 0.717) is 11.8 Å². The van der Waals surface area contributed by atoms with E-state index in [-0.39, 0.29) is 12.7 Å². The molecule has 0 N–H and O–H groups in total. The SMILES string of the molecule is CCC1=Cc2c(-c3ccc(C(C)C)cc3)cccc2[CH]1[Zr]([Cl])([Cl])([CH]1C(C2CCCC2)=Cc2c(-c3ccc(C(C)(C)C)cc3)cccc21)[SiH](C)C. The summed E-state index contributed by atoms with van der Waals surface area (Å²) in [4.78, 5) is 0. The van der Waals surface area contributed by atoms with Crippen LogP contribution in [0, 0.1) is 5.92 Å². The molecule has 0 aromatic heterocycles. The van der Waals surface area contributed by atoms with Crippen molar-refractivity contribution in [1.29, 1.82) is 0 Å². The van der Waals surface area contributed by atoms with Crippen LogP contribution in [-0.4, -0.2) is 5.92 Å². The fourth-order valence-electron chi connectivity index (χ4n) is 9.61. The summed E-state index contributed by atoms with van der Waals surface area (Å²) in [5.41, 5.74) is 16.6. The van der Waals surface area contributed by atoms with E-state index in [1.165, 1.54) is 86.9 Å². The second-order valence-electron chi connectivity index (χ2n) is 17.2. The van der Waals surface area contributed by atoms with Gasteiger partial charge in [0, 0.05) is 0 Å². The van der Waals surface area contributed by atoms with Crippen LogP contribution in [0.1, 0.15) is 120 Å². The van der Waals surface area contributed by atoms with Gasteiger partial charge in [0.05, 0.1) is 0 Å². The first kappa shape index (κ1) is 36.4. The maximum absolute atomic E-state index is 8.82. The molecule has 0 spiro atoms. The number of benzene rings is 4. The van der Waals surface area contributed by atoms with Crippen molar-refractivity contribution in [1.82, 2.24) is 0 Å². The molecule has 2 unspecified atom stereocenters. The Labute approximate surface area is 311 Å². The van der Waals surface area contributed by atoms with Crippen LogP contribution in [0.25, 0.3) is 34.4 Å². The van der Waals surface area contributed by atoms with Crippen molar-refractivity contribution >= 4 is 35.1 Å². The van der Waals surface area contributed by atoms with Gasteiger partial charge in [0.15, 0.2) is 0 Å². The Balaban J connectivity index is 1.42. The molecule has 261 valence electrons.